The highest BCUT2D eigenvalue weighted by Crippen LogP contribution is 2.13. The Balaban J connectivity index is 1.87. The number of anilines is 1. The number of halogens is 1. The van der Waals surface area contributed by atoms with E-state index in [0.29, 0.717) is 18.0 Å². The maximum Gasteiger partial charge on any atom is 0.248 e. The maximum absolute atomic E-state index is 12.0. The molecular weight excluding hydrogens is 262 g/mol. The molecule has 19 heavy (non-hydrogen) atoms. The molecular formula is C14H16ClN3O. The van der Waals surface area contributed by atoms with Gasteiger partial charge in [-0.05, 0) is 44.2 Å². The Kier molecular flexibility index (Phi) is 4.22. The summed E-state index contributed by atoms with van der Waals surface area (Å²) in [4.78, 5) is 12.0. The number of carbonyl (C=O) groups excluding carboxylic acids is 1. The number of nitrogens with zero attached hydrogens (tertiary/aromatic N) is 2. The summed E-state index contributed by atoms with van der Waals surface area (Å²) in [7, 11) is 0. The molecule has 1 N–H and O–H groups in total. The van der Waals surface area contributed by atoms with E-state index in [0.717, 1.165) is 17.1 Å². The zero-order valence-corrected chi connectivity index (χ0v) is 11.7. The zero-order valence-electron chi connectivity index (χ0n) is 11.0. The predicted molar refractivity (Wildman–Crippen MR) is 76.9 cm³/mol. The molecule has 0 spiro atoms. The Hall–Kier alpha value is -1.81. The van der Waals surface area contributed by atoms with Crippen LogP contribution < -0.4 is 5.32 Å². The van der Waals surface area contributed by atoms with Crippen LogP contribution in [0, 0.1) is 13.8 Å². The minimum atomic E-state index is -0.00735. The van der Waals surface area contributed by atoms with Crippen molar-refractivity contribution in [2.45, 2.75) is 20.3 Å². The largest absolute Gasteiger partial charge is 0.385 e. The van der Waals surface area contributed by atoms with E-state index in [1.54, 1.807) is 0 Å². The molecule has 0 atom stereocenters. The summed E-state index contributed by atoms with van der Waals surface area (Å²) in [6, 6.07) is 9.29. The fraction of sp³-hybridized carbons (Fsp3) is 0.286. The number of aryl methyl sites for hydroxylation is 2. The van der Waals surface area contributed by atoms with Gasteiger partial charge in [0.25, 0.3) is 0 Å². The van der Waals surface area contributed by atoms with E-state index < -0.39 is 0 Å². The Bertz CT molecular complexity index is 575. The van der Waals surface area contributed by atoms with Crippen molar-refractivity contribution >= 4 is 23.2 Å². The minimum absolute atomic E-state index is 0.00735. The molecule has 0 aliphatic carbocycles. The summed E-state index contributed by atoms with van der Waals surface area (Å²) < 4.78 is 1.46. The standard InChI is InChI=1S/C14H16ClN3O/c1-10-9-11(2)18(17-10)14(19)7-8-16-13-5-3-12(15)4-6-13/h3-6,9,16H,7-8H2,1-2H3. The van der Waals surface area contributed by atoms with Gasteiger partial charge in [-0.15, -0.1) is 0 Å². The average molecular weight is 278 g/mol. The van der Waals surface area contributed by atoms with Crippen molar-refractivity contribution in [1.29, 1.82) is 0 Å². The van der Waals surface area contributed by atoms with Crippen LogP contribution in [0.25, 0.3) is 0 Å². The SMILES string of the molecule is Cc1cc(C)n(C(=O)CCNc2ccc(Cl)cc2)n1. The van der Waals surface area contributed by atoms with Crippen molar-refractivity contribution in [2.24, 2.45) is 0 Å². The Morgan fingerprint density at radius 3 is 2.58 bits per heavy atom. The normalized spacial score (nSPS) is 10.5. The van der Waals surface area contributed by atoms with Gasteiger partial charge < -0.3 is 5.32 Å². The molecule has 1 aromatic heterocycles. The second kappa shape index (κ2) is 5.89. The number of aromatic nitrogens is 2. The van der Waals surface area contributed by atoms with E-state index in [1.807, 2.05) is 44.2 Å². The van der Waals surface area contributed by atoms with E-state index in [4.69, 9.17) is 11.6 Å². The fourth-order valence-corrected chi connectivity index (χ4v) is 1.99. The van der Waals surface area contributed by atoms with Gasteiger partial charge >= 0.3 is 0 Å². The summed E-state index contributed by atoms with van der Waals surface area (Å²) in [5.74, 6) is -0.00735. The van der Waals surface area contributed by atoms with Crippen molar-refractivity contribution in [3.63, 3.8) is 0 Å². The third-order valence-corrected chi connectivity index (χ3v) is 3.01. The highest BCUT2D eigenvalue weighted by atomic mass is 35.5. The molecule has 0 saturated heterocycles. The van der Waals surface area contributed by atoms with Gasteiger partial charge in [-0.2, -0.15) is 5.10 Å². The summed E-state index contributed by atoms with van der Waals surface area (Å²) in [5.41, 5.74) is 2.68. The summed E-state index contributed by atoms with van der Waals surface area (Å²) in [5, 5.41) is 8.05. The first kappa shape index (κ1) is 13.6. The van der Waals surface area contributed by atoms with Crippen LogP contribution in [0.15, 0.2) is 30.3 Å². The van der Waals surface area contributed by atoms with Gasteiger partial charge in [-0.25, -0.2) is 4.68 Å². The molecule has 100 valence electrons. The van der Waals surface area contributed by atoms with Crippen LogP contribution in [0.3, 0.4) is 0 Å². The molecule has 0 aliphatic rings. The van der Waals surface area contributed by atoms with Crippen LogP contribution in [-0.4, -0.2) is 22.2 Å². The molecule has 0 fully saturated rings. The number of rotatable bonds is 4. The minimum Gasteiger partial charge on any atom is -0.385 e. The molecule has 0 aliphatic heterocycles. The smallest absolute Gasteiger partial charge is 0.248 e. The van der Waals surface area contributed by atoms with Crippen molar-refractivity contribution in [3.05, 3.63) is 46.7 Å². The molecule has 0 bridgehead atoms. The quantitative estimate of drug-likeness (QED) is 0.933. The second-order valence-electron chi connectivity index (χ2n) is 4.42. The lowest BCUT2D eigenvalue weighted by atomic mass is 10.3. The average Bonchev–Trinajstić information content (AvgIpc) is 2.71. The molecule has 1 heterocycles. The maximum atomic E-state index is 12.0. The lowest BCUT2D eigenvalue weighted by molar-refractivity contribution is 0.0888. The lowest BCUT2D eigenvalue weighted by Gasteiger charge is -2.06. The van der Waals surface area contributed by atoms with Gasteiger partial charge in [0.1, 0.15) is 0 Å². The molecule has 0 amide bonds. The van der Waals surface area contributed by atoms with E-state index in [-0.39, 0.29) is 5.91 Å². The Morgan fingerprint density at radius 1 is 1.32 bits per heavy atom. The van der Waals surface area contributed by atoms with E-state index in [1.165, 1.54) is 4.68 Å². The second-order valence-corrected chi connectivity index (χ2v) is 4.85. The van der Waals surface area contributed by atoms with E-state index in [9.17, 15) is 4.79 Å². The molecule has 0 saturated carbocycles. The number of benzene rings is 1. The monoisotopic (exact) mass is 277 g/mol. The molecule has 5 heteroatoms. The Labute approximate surface area is 117 Å². The van der Waals surface area contributed by atoms with E-state index in [2.05, 4.69) is 10.4 Å². The number of hydrogen-bond acceptors (Lipinski definition) is 3. The predicted octanol–water partition coefficient (Wildman–Crippen LogP) is 3.30. The van der Waals surface area contributed by atoms with Crippen LogP contribution in [0.1, 0.15) is 22.6 Å². The molecule has 4 nitrogen and oxygen atoms in total. The van der Waals surface area contributed by atoms with E-state index >= 15 is 0 Å². The van der Waals surface area contributed by atoms with Gasteiger partial charge in [0.15, 0.2) is 0 Å². The third kappa shape index (κ3) is 3.58. The van der Waals surface area contributed by atoms with Crippen LogP contribution in [0.5, 0.6) is 0 Å². The van der Waals surface area contributed by atoms with Crippen LogP contribution in [0.2, 0.25) is 5.02 Å². The topological polar surface area (TPSA) is 46.9 Å². The van der Waals surface area contributed by atoms with Gasteiger partial charge in [0.2, 0.25) is 5.91 Å². The number of carbonyl (C=O) groups is 1. The van der Waals surface area contributed by atoms with Gasteiger partial charge in [-0.3, -0.25) is 4.79 Å². The fourth-order valence-electron chi connectivity index (χ4n) is 1.87. The summed E-state index contributed by atoms with van der Waals surface area (Å²) in [6.45, 7) is 4.33. The van der Waals surface area contributed by atoms with Crippen molar-refractivity contribution in [1.82, 2.24) is 9.78 Å². The molecule has 2 rings (SSSR count). The van der Waals surface area contributed by atoms with Crippen molar-refractivity contribution in [2.75, 3.05) is 11.9 Å². The summed E-state index contributed by atoms with van der Waals surface area (Å²) in [6.07, 6.45) is 0.393. The summed E-state index contributed by atoms with van der Waals surface area (Å²) >= 11 is 5.80. The number of hydrogen-bond donors (Lipinski definition) is 1. The first-order valence-electron chi connectivity index (χ1n) is 6.12. The molecule has 0 unspecified atom stereocenters. The van der Waals surface area contributed by atoms with Crippen molar-refractivity contribution in [3.8, 4) is 0 Å². The van der Waals surface area contributed by atoms with Crippen molar-refractivity contribution < 1.29 is 4.79 Å². The Morgan fingerprint density at radius 2 is 2.00 bits per heavy atom. The van der Waals surface area contributed by atoms with Crippen LogP contribution in [0.4, 0.5) is 5.69 Å². The number of nitrogens with one attached hydrogen (secondary N) is 1. The highest BCUT2D eigenvalue weighted by Gasteiger charge is 2.09. The van der Waals surface area contributed by atoms with Crippen LogP contribution >= 0.6 is 11.6 Å². The molecule has 0 radical (unpaired) electrons. The van der Waals surface area contributed by atoms with Gasteiger partial charge in [-0.1, -0.05) is 11.6 Å². The lowest BCUT2D eigenvalue weighted by Crippen LogP contribution is -2.17. The van der Waals surface area contributed by atoms with Crippen LogP contribution in [-0.2, 0) is 0 Å². The first-order valence-corrected chi connectivity index (χ1v) is 6.50. The third-order valence-electron chi connectivity index (χ3n) is 2.76. The zero-order chi connectivity index (χ0) is 13.8. The molecule has 1 aromatic carbocycles. The van der Waals surface area contributed by atoms with Gasteiger partial charge in [0, 0.05) is 29.4 Å². The van der Waals surface area contributed by atoms with Gasteiger partial charge in [0.05, 0.1) is 5.69 Å². The highest BCUT2D eigenvalue weighted by molar-refractivity contribution is 6.30. The first-order chi connectivity index (χ1) is 9.06. The molecule has 2 aromatic rings.